The first-order valence-corrected chi connectivity index (χ1v) is 7.65. The molecule has 2 aromatic heterocycles. The van der Waals surface area contributed by atoms with Crippen LogP contribution in [0.3, 0.4) is 0 Å². The van der Waals surface area contributed by atoms with Gasteiger partial charge in [0.15, 0.2) is 5.82 Å². The third-order valence-corrected chi connectivity index (χ3v) is 4.38. The molecule has 9 heteroatoms. The lowest BCUT2D eigenvalue weighted by Crippen LogP contribution is -2.06. The minimum Gasteiger partial charge on any atom is -0.510 e. The highest BCUT2D eigenvalue weighted by atomic mass is 32.2. The molecule has 0 aliphatic rings. The SMILES string of the molecule is CC(Sc1nnnn1C)/C(O)=C(\C#N)c1nc2ccccc2[nH]1. The lowest BCUT2D eigenvalue weighted by Gasteiger charge is -2.10. The summed E-state index contributed by atoms with van der Waals surface area (Å²) < 4.78 is 1.50. The van der Waals surface area contributed by atoms with E-state index in [1.54, 1.807) is 14.0 Å². The number of H-pyrrole nitrogens is 1. The molecule has 3 rings (SSSR count). The van der Waals surface area contributed by atoms with E-state index in [1.807, 2.05) is 30.3 Å². The summed E-state index contributed by atoms with van der Waals surface area (Å²) in [6.07, 6.45) is 0. The van der Waals surface area contributed by atoms with Crippen molar-refractivity contribution in [3.05, 3.63) is 35.8 Å². The number of rotatable bonds is 4. The maximum atomic E-state index is 10.4. The molecule has 0 bridgehead atoms. The molecule has 0 saturated heterocycles. The maximum absolute atomic E-state index is 10.4. The molecule has 2 heterocycles. The first-order chi connectivity index (χ1) is 11.1. The standard InChI is InChI=1S/C14H13N7OS/c1-8(23-14-18-19-20-21(14)2)12(22)9(7-15)13-16-10-5-3-4-6-11(10)17-13/h3-6,8,22H,1-2H3,(H,16,17)/b12-9-. The lowest BCUT2D eigenvalue weighted by molar-refractivity contribution is 0.401. The van der Waals surface area contributed by atoms with Gasteiger partial charge in [0.05, 0.1) is 16.3 Å². The second kappa shape index (κ2) is 6.10. The van der Waals surface area contributed by atoms with Crippen LogP contribution in [-0.2, 0) is 7.05 Å². The van der Waals surface area contributed by atoms with Crippen LogP contribution in [0.5, 0.6) is 0 Å². The summed E-state index contributed by atoms with van der Waals surface area (Å²) in [5.41, 5.74) is 1.65. The van der Waals surface area contributed by atoms with E-state index in [1.165, 1.54) is 16.4 Å². The van der Waals surface area contributed by atoms with Gasteiger partial charge in [0.1, 0.15) is 17.4 Å². The van der Waals surface area contributed by atoms with Crippen molar-refractivity contribution >= 4 is 28.4 Å². The Hall–Kier alpha value is -2.86. The molecule has 0 aliphatic heterocycles. The molecule has 8 nitrogen and oxygen atoms in total. The van der Waals surface area contributed by atoms with E-state index in [9.17, 15) is 10.4 Å². The molecule has 1 aromatic carbocycles. The van der Waals surface area contributed by atoms with Crippen molar-refractivity contribution in [1.29, 1.82) is 5.26 Å². The number of allylic oxidation sites excluding steroid dienone is 1. The molecular weight excluding hydrogens is 314 g/mol. The van der Waals surface area contributed by atoms with E-state index in [-0.39, 0.29) is 11.3 Å². The summed E-state index contributed by atoms with van der Waals surface area (Å²) in [4.78, 5) is 7.40. The van der Waals surface area contributed by atoms with Crippen LogP contribution in [0.15, 0.2) is 35.2 Å². The molecule has 116 valence electrons. The first-order valence-electron chi connectivity index (χ1n) is 6.77. The van der Waals surface area contributed by atoms with Gasteiger partial charge in [-0.25, -0.2) is 9.67 Å². The second-order valence-electron chi connectivity index (χ2n) is 4.82. The first kappa shape index (κ1) is 15.1. The van der Waals surface area contributed by atoms with Gasteiger partial charge < -0.3 is 10.1 Å². The van der Waals surface area contributed by atoms with Crippen molar-refractivity contribution in [2.45, 2.75) is 17.3 Å². The van der Waals surface area contributed by atoms with Crippen molar-refractivity contribution in [3.8, 4) is 6.07 Å². The topological polar surface area (TPSA) is 116 Å². The number of nitrogens with zero attached hydrogens (tertiary/aromatic N) is 6. The van der Waals surface area contributed by atoms with Gasteiger partial charge in [-0.3, -0.25) is 0 Å². The lowest BCUT2D eigenvalue weighted by atomic mass is 10.2. The van der Waals surface area contributed by atoms with E-state index in [0.717, 1.165) is 11.0 Å². The Morgan fingerprint density at radius 1 is 1.43 bits per heavy atom. The fourth-order valence-electron chi connectivity index (χ4n) is 2.04. The molecule has 0 aliphatic carbocycles. The Kier molecular flexibility index (Phi) is 3.99. The number of para-hydroxylation sites is 2. The van der Waals surface area contributed by atoms with Crippen LogP contribution in [0.2, 0.25) is 0 Å². The Balaban J connectivity index is 1.95. The van der Waals surface area contributed by atoms with E-state index >= 15 is 0 Å². The average molecular weight is 327 g/mol. The van der Waals surface area contributed by atoms with Crippen molar-refractivity contribution in [2.24, 2.45) is 7.05 Å². The minimum absolute atomic E-state index is 0.0699. The minimum atomic E-state index is -0.400. The average Bonchev–Trinajstić information content (AvgIpc) is 3.14. The predicted molar refractivity (Wildman–Crippen MR) is 85.4 cm³/mol. The van der Waals surface area contributed by atoms with Gasteiger partial charge in [-0.05, 0) is 29.5 Å². The number of hydrogen-bond donors (Lipinski definition) is 2. The van der Waals surface area contributed by atoms with Gasteiger partial charge in [0.2, 0.25) is 5.16 Å². The summed E-state index contributed by atoms with van der Waals surface area (Å²) in [6, 6.07) is 9.46. The van der Waals surface area contributed by atoms with Crippen molar-refractivity contribution < 1.29 is 5.11 Å². The van der Waals surface area contributed by atoms with E-state index < -0.39 is 5.25 Å². The zero-order valence-corrected chi connectivity index (χ0v) is 13.2. The predicted octanol–water partition coefficient (Wildman–Crippen LogP) is 2.06. The van der Waals surface area contributed by atoms with Gasteiger partial charge in [0.25, 0.3) is 0 Å². The monoisotopic (exact) mass is 327 g/mol. The van der Waals surface area contributed by atoms with E-state index in [0.29, 0.717) is 11.0 Å². The number of nitrogens with one attached hydrogen (secondary N) is 1. The summed E-state index contributed by atoms with van der Waals surface area (Å²) in [5, 5.41) is 31.2. The highest BCUT2D eigenvalue weighted by Crippen LogP contribution is 2.28. The van der Waals surface area contributed by atoms with Gasteiger partial charge in [-0.2, -0.15) is 5.26 Å². The number of aromatic amines is 1. The number of nitriles is 1. The number of aromatic nitrogens is 6. The van der Waals surface area contributed by atoms with Gasteiger partial charge in [0, 0.05) is 7.05 Å². The number of thioether (sulfide) groups is 1. The highest BCUT2D eigenvalue weighted by molar-refractivity contribution is 7.99. The second-order valence-corrected chi connectivity index (χ2v) is 6.13. The Labute approximate surface area is 135 Å². The number of aryl methyl sites for hydroxylation is 1. The number of tetrazole rings is 1. The molecule has 0 fully saturated rings. The number of fused-ring (bicyclic) bond motifs is 1. The Morgan fingerprint density at radius 3 is 2.87 bits per heavy atom. The molecule has 3 aromatic rings. The number of benzene rings is 1. The van der Waals surface area contributed by atoms with Gasteiger partial charge in [-0.1, -0.05) is 23.9 Å². The van der Waals surface area contributed by atoms with Crippen molar-refractivity contribution in [1.82, 2.24) is 30.2 Å². The number of hydrogen-bond acceptors (Lipinski definition) is 7. The third-order valence-electron chi connectivity index (χ3n) is 3.24. The normalized spacial score (nSPS) is 13.6. The highest BCUT2D eigenvalue weighted by Gasteiger charge is 2.20. The Bertz CT molecular complexity index is 887. The molecule has 1 atom stereocenters. The van der Waals surface area contributed by atoms with Crippen LogP contribution in [0, 0.1) is 11.3 Å². The summed E-state index contributed by atoms with van der Waals surface area (Å²) in [7, 11) is 1.71. The van der Waals surface area contributed by atoms with Crippen LogP contribution in [0.1, 0.15) is 12.7 Å². The number of aliphatic hydroxyl groups excluding tert-OH is 1. The van der Waals surface area contributed by atoms with E-state index in [2.05, 4.69) is 25.5 Å². The molecule has 23 heavy (non-hydrogen) atoms. The van der Waals surface area contributed by atoms with Crippen molar-refractivity contribution in [2.75, 3.05) is 0 Å². The third kappa shape index (κ3) is 2.89. The molecule has 0 amide bonds. The summed E-state index contributed by atoms with van der Waals surface area (Å²) in [6.45, 7) is 1.77. The van der Waals surface area contributed by atoms with Gasteiger partial charge >= 0.3 is 0 Å². The van der Waals surface area contributed by atoms with Crippen LogP contribution >= 0.6 is 11.8 Å². The number of imidazole rings is 1. The van der Waals surface area contributed by atoms with Crippen LogP contribution in [-0.4, -0.2) is 40.5 Å². The fraction of sp³-hybridized carbons (Fsp3) is 0.214. The molecule has 2 N–H and O–H groups in total. The zero-order valence-electron chi connectivity index (χ0n) is 12.4. The van der Waals surface area contributed by atoms with Crippen molar-refractivity contribution in [3.63, 3.8) is 0 Å². The molecule has 0 spiro atoms. The molecule has 0 saturated carbocycles. The zero-order chi connectivity index (χ0) is 16.4. The smallest absolute Gasteiger partial charge is 0.209 e. The van der Waals surface area contributed by atoms with Crippen LogP contribution in [0.25, 0.3) is 16.6 Å². The fourth-order valence-corrected chi connectivity index (χ4v) is 2.86. The largest absolute Gasteiger partial charge is 0.510 e. The molecular formula is C14H13N7OS. The quantitative estimate of drug-likeness (QED) is 0.428. The molecule has 0 radical (unpaired) electrons. The number of aliphatic hydroxyl groups is 1. The van der Waals surface area contributed by atoms with Crippen LogP contribution < -0.4 is 0 Å². The Morgan fingerprint density at radius 2 is 2.22 bits per heavy atom. The van der Waals surface area contributed by atoms with E-state index in [4.69, 9.17) is 0 Å². The summed E-state index contributed by atoms with van der Waals surface area (Å²) >= 11 is 1.26. The maximum Gasteiger partial charge on any atom is 0.209 e. The van der Waals surface area contributed by atoms with Gasteiger partial charge in [-0.15, -0.1) is 5.10 Å². The summed E-state index contributed by atoms with van der Waals surface area (Å²) in [5.74, 6) is 0.272. The van der Waals surface area contributed by atoms with Crippen LogP contribution in [0.4, 0.5) is 0 Å². The molecule has 1 unspecified atom stereocenters.